The molecule has 4 aromatic heterocycles. The van der Waals surface area contributed by atoms with Crippen molar-refractivity contribution in [3.8, 4) is 11.3 Å². The summed E-state index contributed by atoms with van der Waals surface area (Å²) in [4.78, 5) is 8.66. The van der Waals surface area contributed by atoms with Crippen molar-refractivity contribution >= 4 is 16.7 Å². The molecule has 0 radical (unpaired) electrons. The van der Waals surface area contributed by atoms with Gasteiger partial charge in [0.25, 0.3) is 0 Å². The molecule has 1 aromatic carbocycles. The zero-order valence-corrected chi connectivity index (χ0v) is 14.0. The van der Waals surface area contributed by atoms with Crippen molar-refractivity contribution in [3.05, 3.63) is 66.5 Å². The van der Waals surface area contributed by atoms with Crippen molar-refractivity contribution in [2.75, 3.05) is 0 Å². The Kier molecular flexibility index (Phi) is 3.21. The summed E-state index contributed by atoms with van der Waals surface area (Å²) in [6.45, 7) is 0. The Morgan fingerprint density at radius 2 is 1.85 bits per heavy atom. The molecule has 26 heavy (non-hydrogen) atoms. The van der Waals surface area contributed by atoms with Crippen LogP contribution in [0.1, 0.15) is 11.4 Å². The molecule has 0 amide bonds. The summed E-state index contributed by atoms with van der Waals surface area (Å²) in [5, 5.41) is 17.4. The quantitative estimate of drug-likeness (QED) is 0.499. The highest BCUT2D eigenvalue weighted by Gasteiger charge is 2.11. The first-order chi connectivity index (χ1) is 12.8. The van der Waals surface area contributed by atoms with E-state index in [2.05, 4.69) is 30.4 Å². The molecule has 0 N–H and O–H groups in total. The van der Waals surface area contributed by atoms with Gasteiger partial charge in [0, 0.05) is 37.6 Å². The fourth-order valence-electron chi connectivity index (χ4n) is 2.95. The standard InChI is InChI=1S/C18H14N8/c1-25-11-13(10-21-25)14-4-5-17-22-23-18(26(17)24-14)9-12-2-3-15-16(8-12)20-7-6-19-15/h2-8,10-11H,9H2,1H3. The first-order valence-corrected chi connectivity index (χ1v) is 8.16. The maximum Gasteiger partial charge on any atom is 0.177 e. The van der Waals surface area contributed by atoms with E-state index in [1.165, 1.54) is 0 Å². The number of fused-ring (bicyclic) bond motifs is 2. The van der Waals surface area contributed by atoms with Crippen LogP contribution in [0.4, 0.5) is 0 Å². The van der Waals surface area contributed by atoms with Crippen LogP contribution in [-0.4, -0.2) is 39.6 Å². The van der Waals surface area contributed by atoms with Crippen molar-refractivity contribution < 1.29 is 0 Å². The summed E-state index contributed by atoms with van der Waals surface area (Å²) in [6.07, 6.45) is 7.72. The predicted octanol–water partition coefficient (Wildman–Crippen LogP) is 2.06. The summed E-state index contributed by atoms with van der Waals surface area (Å²) >= 11 is 0. The van der Waals surface area contributed by atoms with E-state index < -0.39 is 0 Å². The highest BCUT2D eigenvalue weighted by molar-refractivity contribution is 5.74. The van der Waals surface area contributed by atoms with E-state index in [4.69, 9.17) is 0 Å². The summed E-state index contributed by atoms with van der Waals surface area (Å²) in [5.74, 6) is 0.772. The maximum absolute atomic E-state index is 4.69. The van der Waals surface area contributed by atoms with Gasteiger partial charge in [0.05, 0.1) is 22.9 Å². The summed E-state index contributed by atoms with van der Waals surface area (Å²) in [5.41, 5.74) is 5.32. The molecule has 8 nitrogen and oxygen atoms in total. The Hall–Kier alpha value is -3.68. The summed E-state index contributed by atoms with van der Waals surface area (Å²) in [7, 11) is 1.88. The molecule has 8 heteroatoms. The second-order valence-corrected chi connectivity index (χ2v) is 6.06. The van der Waals surface area contributed by atoms with Crippen LogP contribution in [0.25, 0.3) is 27.9 Å². The van der Waals surface area contributed by atoms with E-state index in [1.807, 2.05) is 43.6 Å². The Bertz CT molecular complexity index is 1240. The van der Waals surface area contributed by atoms with E-state index in [0.29, 0.717) is 12.1 Å². The van der Waals surface area contributed by atoms with E-state index in [1.54, 1.807) is 27.8 Å². The Balaban J connectivity index is 1.55. The molecular weight excluding hydrogens is 328 g/mol. The van der Waals surface area contributed by atoms with Crippen molar-refractivity contribution in [3.63, 3.8) is 0 Å². The third-order valence-electron chi connectivity index (χ3n) is 4.22. The fourth-order valence-corrected chi connectivity index (χ4v) is 2.95. The third-order valence-corrected chi connectivity index (χ3v) is 4.22. The smallest absolute Gasteiger partial charge is 0.177 e. The number of rotatable bonds is 3. The molecule has 0 atom stereocenters. The minimum Gasteiger partial charge on any atom is -0.275 e. The molecule has 5 rings (SSSR count). The van der Waals surface area contributed by atoms with Gasteiger partial charge >= 0.3 is 0 Å². The van der Waals surface area contributed by atoms with Gasteiger partial charge in [0.2, 0.25) is 0 Å². The van der Waals surface area contributed by atoms with E-state index >= 15 is 0 Å². The van der Waals surface area contributed by atoms with Gasteiger partial charge < -0.3 is 0 Å². The molecule has 126 valence electrons. The molecular formula is C18H14N8. The van der Waals surface area contributed by atoms with Crippen LogP contribution in [0.3, 0.4) is 0 Å². The minimum atomic E-state index is 0.608. The average molecular weight is 342 g/mol. The Labute approximate surface area is 148 Å². The lowest BCUT2D eigenvalue weighted by Gasteiger charge is -2.03. The van der Waals surface area contributed by atoms with Crippen LogP contribution in [0, 0.1) is 0 Å². The number of aryl methyl sites for hydroxylation is 1. The molecule has 0 spiro atoms. The topological polar surface area (TPSA) is 86.7 Å². The molecule has 0 aliphatic heterocycles. The molecule has 0 aliphatic rings. The van der Waals surface area contributed by atoms with Gasteiger partial charge in [-0.3, -0.25) is 14.6 Å². The fraction of sp³-hybridized carbons (Fsp3) is 0.111. The second-order valence-electron chi connectivity index (χ2n) is 6.06. The third kappa shape index (κ3) is 2.48. The molecule has 0 saturated carbocycles. The highest BCUT2D eigenvalue weighted by atomic mass is 15.4. The van der Waals surface area contributed by atoms with E-state index in [-0.39, 0.29) is 0 Å². The monoisotopic (exact) mass is 342 g/mol. The predicted molar refractivity (Wildman–Crippen MR) is 95.3 cm³/mol. The van der Waals surface area contributed by atoms with Crippen molar-refractivity contribution in [2.24, 2.45) is 7.05 Å². The zero-order valence-electron chi connectivity index (χ0n) is 14.0. The first-order valence-electron chi connectivity index (χ1n) is 8.16. The second kappa shape index (κ2) is 5.69. The van der Waals surface area contributed by atoms with Crippen molar-refractivity contribution in [2.45, 2.75) is 6.42 Å². The number of hydrogen-bond acceptors (Lipinski definition) is 6. The van der Waals surface area contributed by atoms with Gasteiger partial charge in [-0.05, 0) is 29.8 Å². The first kappa shape index (κ1) is 14.6. The number of hydrogen-bond donors (Lipinski definition) is 0. The lowest BCUT2D eigenvalue weighted by Crippen LogP contribution is -2.01. The van der Waals surface area contributed by atoms with Crippen LogP contribution < -0.4 is 0 Å². The van der Waals surface area contributed by atoms with Gasteiger partial charge in [-0.25, -0.2) is 0 Å². The summed E-state index contributed by atoms with van der Waals surface area (Å²) in [6, 6.07) is 9.86. The normalized spacial score (nSPS) is 11.4. The molecule has 4 heterocycles. The molecule has 0 fully saturated rings. The van der Waals surface area contributed by atoms with Gasteiger partial charge in [-0.2, -0.15) is 14.7 Å². The van der Waals surface area contributed by atoms with E-state index in [9.17, 15) is 0 Å². The van der Waals surface area contributed by atoms with Crippen molar-refractivity contribution in [1.82, 2.24) is 39.6 Å². The largest absolute Gasteiger partial charge is 0.275 e. The lowest BCUT2D eigenvalue weighted by atomic mass is 10.1. The molecule has 0 bridgehead atoms. The van der Waals surface area contributed by atoms with Crippen LogP contribution in [-0.2, 0) is 13.5 Å². The van der Waals surface area contributed by atoms with Crippen LogP contribution in [0.5, 0.6) is 0 Å². The van der Waals surface area contributed by atoms with E-state index in [0.717, 1.165) is 33.7 Å². The Morgan fingerprint density at radius 1 is 0.962 bits per heavy atom. The highest BCUT2D eigenvalue weighted by Crippen LogP contribution is 2.18. The molecule has 0 saturated heterocycles. The lowest BCUT2D eigenvalue weighted by molar-refractivity contribution is 0.768. The van der Waals surface area contributed by atoms with Gasteiger partial charge in [-0.1, -0.05) is 6.07 Å². The summed E-state index contributed by atoms with van der Waals surface area (Å²) < 4.78 is 3.54. The zero-order chi connectivity index (χ0) is 17.5. The van der Waals surface area contributed by atoms with Gasteiger partial charge in [-0.15, -0.1) is 10.2 Å². The number of benzene rings is 1. The maximum atomic E-state index is 4.69. The number of nitrogens with zero attached hydrogens (tertiary/aromatic N) is 8. The van der Waals surface area contributed by atoms with Gasteiger partial charge in [0.1, 0.15) is 0 Å². The van der Waals surface area contributed by atoms with Gasteiger partial charge in [0.15, 0.2) is 11.5 Å². The van der Waals surface area contributed by atoms with Crippen LogP contribution >= 0.6 is 0 Å². The van der Waals surface area contributed by atoms with Crippen LogP contribution in [0.15, 0.2) is 55.1 Å². The van der Waals surface area contributed by atoms with Crippen molar-refractivity contribution in [1.29, 1.82) is 0 Å². The minimum absolute atomic E-state index is 0.608. The SMILES string of the molecule is Cn1cc(-c2ccc3nnc(Cc4ccc5nccnc5c4)n3n2)cn1. The van der Waals surface area contributed by atoms with Crippen LogP contribution in [0.2, 0.25) is 0 Å². The number of aromatic nitrogens is 8. The molecule has 0 aliphatic carbocycles. The molecule has 0 unspecified atom stereocenters. The molecule has 5 aromatic rings. The average Bonchev–Trinajstić information content (AvgIpc) is 3.28. The Morgan fingerprint density at radius 3 is 2.69 bits per heavy atom.